The van der Waals surface area contributed by atoms with Crippen molar-refractivity contribution >= 4 is 23.5 Å². The second kappa shape index (κ2) is 8.47. The van der Waals surface area contributed by atoms with Crippen LogP contribution in [0.2, 0.25) is 0 Å². The molecule has 0 radical (unpaired) electrons. The van der Waals surface area contributed by atoms with Crippen LogP contribution >= 0.6 is 0 Å². The molecule has 9 heteroatoms. The topological polar surface area (TPSA) is 128 Å². The molecule has 9 nitrogen and oxygen atoms in total. The number of hydrogen-bond acceptors (Lipinski definition) is 6. The highest BCUT2D eigenvalue weighted by molar-refractivity contribution is 5.95. The molecule has 23 heavy (non-hydrogen) atoms. The van der Waals surface area contributed by atoms with Crippen LogP contribution < -0.4 is 10.6 Å². The monoisotopic (exact) mass is 323 g/mol. The fraction of sp³-hybridized carbons (Fsp3) is 0.357. The summed E-state index contributed by atoms with van der Waals surface area (Å²) < 4.78 is 4.73. The Bertz CT molecular complexity index is 616. The van der Waals surface area contributed by atoms with Crippen LogP contribution in [0.15, 0.2) is 24.3 Å². The standard InChI is InChI=1S/C14H17N3O6/c1-3-15-13(19)9(2)16-12(18)8-23-14(20)10-6-4-5-7-11(10)17(21)22/h4-7,9H,3,8H2,1-2H3,(H,15,19)(H,16,18)/t9-/m1/s1. The number of nitrogens with one attached hydrogen (secondary N) is 2. The smallest absolute Gasteiger partial charge is 0.345 e. The fourth-order valence-corrected chi connectivity index (χ4v) is 1.69. The normalized spacial score (nSPS) is 11.2. The molecule has 2 N–H and O–H groups in total. The summed E-state index contributed by atoms with van der Waals surface area (Å²) in [5.74, 6) is -2.04. The van der Waals surface area contributed by atoms with Crippen LogP contribution in [0.1, 0.15) is 24.2 Å². The van der Waals surface area contributed by atoms with Gasteiger partial charge >= 0.3 is 5.97 Å². The first kappa shape index (κ1) is 18.1. The van der Waals surface area contributed by atoms with Crippen molar-refractivity contribution in [3.63, 3.8) is 0 Å². The largest absolute Gasteiger partial charge is 0.452 e. The number of nitro benzene ring substituents is 1. The van der Waals surface area contributed by atoms with E-state index in [1.54, 1.807) is 6.92 Å². The number of carbonyl (C=O) groups excluding carboxylic acids is 3. The molecule has 0 aliphatic heterocycles. The molecule has 124 valence electrons. The van der Waals surface area contributed by atoms with Gasteiger partial charge in [0.05, 0.1) is 4.92 Å². The molecular formula is C14H17N3O6. The van der Waals surface area contributed by atoms with Gasteiger partial charge in [-0.15, -0.1) is 0 Å². The third kappa shape index (κ3) is 5.38. The molecule has 0 aliphatic carbocycles. The van der Waals surface area contributed by atoms with Gasteiger partial charge in [-0.2, -0.15) is 0 Å². The molecule has 1 atom stereocenters. The minimum absolute atomic E-state index is 0.248. The molecule has 0 saturated carbocycles. The number of likely N-dealkylation sites (N-methyl/N-ethyl adjacent to an activating group) is 1. The Morgan fingerprint density at radius 1 is 1.30 bits per heavy atom. The number of amides is 2. The lowest BCUT2D eigenvalue weighted by atomic mass is 10.2. The first-order valence-corrected chi connectivity index (χ1v) is 6.84. The van der Waals surface area contributed by atoms with Crippen LogP contribution in [0.25, 0.3) is 0 Å². The molecule has 0 spiro atoms. The Hall–Kier alpha value is -2.97. The van der Waals surface area contributed by atoms with Crippen molar-refractivity contribution in [1.29, 1.82) is 0 Å². The number of nitrogens with zero attached hydrogens (tertiary/aromatic N) is 1. The van der Waals surface area contributed by atoms with Crippen molar-refractivity contribution in [2.75, 3.05) is 13.2 Å². The van der Waals surface area contributed by atoms with Gasteiger partial charge in [-0.3, -0.25) is 19.7 Å². The van der Waals surface area contributed by atoms with Gasteiger partial charge in [0.15, 0.2) is 6.61 Å². The third-order valence-electron chi connectivity index (χ3n) is 2.78. The van der Waals surface area contributed by atoms with Crippen LogP contribution in [-0.4, -0.2) is 41.9 Å². The summed E-state index contributed by atoms with van der Waals surface area (Å²) in [5.41, 5.74) is -0.657. The van der Waals surface area contributed by atoms with E-state index in [1.807, 2.05) is 0 Å². The maximum Gasteiger partial charge on any atom is 0.345 e. The lowest BCUT2D eigenvalue weighted by molar-refractivity contribution is -0.385. The molecule has 0 aliphatic rings. The molecule has 0 fully saturated rings. The zero-order valence-electron chi connectivity index (χ0n) is 12.7. The van der Waals surface area contributed by atoms with Crippen molar-refractivity contribution < 1.29 is 24.0 Å². The van der Waals surface area contributed by atoms with E-state index in [0.717, 1.165) is 6.07 Å². The van der Waals surface area contributed by atoms with Gasteiger partial charge < -0.3 is 15.4 Å². The summed E-state index contributed by atoms with van der Waals surface area (Å²) in [6.45, 7) is 2.99. The van der Waals surface area contributed by atoms with Gasteiger partial charge in [0.2, 0.25) is 5.91 Å². The molecule has 0 saturated heterocycles. The summed E-state index contributed by atoms with van der Waals surface area (Å²) in [6, 6.07) is 4.46. The van der Waals surface area contributed by atoms with Gasteiger partial charge in [0.25, 0.3) is 11.6 Å². The van der Waals surface area contributed by atoms with E-state index in [2.05, 4.69) is 10.6 Å². The molecule has 0 aromatic heterocycles. The van der Waals surface area contributed by atoms with Gasteiger partial charge in [0.1, 0.15) is 11.6 Å². The molecule has 0 bridgehead atoms. The highest BCUT2D eigenvalue weighted by Crippen LogP contribution is 2.18. The van der Waals surface area contributed by atoms with E-state index >= 15 is 0 Å². The average Bonchev–Trinajstić information content (AvgIpc) is 2.52. The predicted molar refractivity (Wildman–Crippen MR) is 79.7 cm³/mol. The van der Waals surface area contributed by atoms with Gasteiger partial charge in [-0.1, -0.05) is 12.1 Å². The second-order valence-corrected chi connectivity index (χ2v) is 4.53. The SMILES string of the molecule is CCNC(=O)[C@@H](C)NC(=O)COC(=O)c1ccccc1[N+](=O)[O-]. The number of ether oxygens (including phenoxy) is 1. The fourth-order valence-electron chi connectivity index (χ4n) is 1.69. The minimum Gasteiger partial charge on any atom is -0.452 e. The molecular weight excluding hydrogens is 306 g/mol. The van der Waals surface area contributed by atoms with Crippen molar-refractivity contribution in [3.8, 4) is 0 Å². The Labute approximate surface area is 132 Å². The van der Waals surface area contributed by atoms with Crippen molar-refractivity contribution in [2.24, 2.45) is 0 Å². The number of benzene rings is 1. The highest BCUT2D eigenvalue weighted by Gasteiger charge is 2.22. The van der Waals surface area contributed by atoms with Gasteiger partial charge in [0, 0.05) is 12.6 Å². The van der Waals surface area contributed by atoms with Crippen LogP contribution in [-0.2, 0) is 14.3 Å². The molecule has 0 unspecified atom stereocenters. The quantitative estimate of drug-likeness (QED) is 0.424. The summed E-state index contributed by atoms with van der Waals surface area (Å²) in [6.07, 6.45) is 0. The summed E-state index contributed by atoms with van der Waals surface area (Å²) in [5, 5.41) is 15.7. The first-order valence-electron chi connectivity index (χ1n) is 6.84. The van der Waals surface area contributed by atoms with Crippen molar-refractivity contribution in [1.82, 2.24) is 10.6 Å². The highest BCUT2D eigenvalue weighted by atomic mass is 16.6. The van der Waals surface area contributed by atoms with Crippen molar-refractivity contribution in [3.05, 3.63) is 39.9 Å². The molecule has 1 aromatic carbocycles. The van der Waals surface area contributed by atoms with E-state index in [1.165, 1.54) is 25.1 Å². The summed E-state index contributed by atoms with van der Waals surface area (Å²) >= 11 is 0. The predicted octanol–water partition coefficient (Wildman–Crippen LogP) is 0.392. The molecule has 2 amide bonds. The summed E-state index contributed by atoms with van der Waals surface area (Å²) in [7, 11) is 0. The zero-order valence-corrected chi connectivity index (χ0v) is 12.7. The van der Waals surface area contributed by atoms with Crippen LogP contribution in [0.4, 0.5) is 5.69 Å². The van der Waals surface area contributed by atoms with Gasteiger partial charge in [-0.25, -0.2) is 4.79 Å². The Balaban J connectivity index is 2.58. The van der Waals surface area contributed by atoms with Crippen molar-refractivity contribution in [2.45, 2.75) is 19.9 Å². The average molecular weight is 323 g/mol. The Kier molecular flexibility index (Phi) is 6.66. The lowest BCUT2D eigenvalue weighted by Crippen LogP contribution is -2.46. The number of carbonyl (C=O) groups is 3. The third-order valence-corrected chi connectivity index (χ3v) is 2.78. The molecule has 1 aromatic rings. The van der Waals surface area contributed by atoms with E-state index in [0.29, 0.717) is 6.54 Å². The number of nitro groups is 1. The minimum atomic E-state index is -0.988. The number of rotatable bonds is 7. The number of hydrogen-bond donors (Lipinski definition) is 2. The zero-order chi connectivity index (χ0) is 17.4. The first-order chi connectivity index (χ1) is 10.9. The van der Waals surface area contributed by atoms with E-state index in [-0.39, 0.29) is 11.5 Å². The van der Waals surface area contributed by atoms with Crippen LogP contribution in [0.3, 0.4) is 0 Å². The molecule has 0 heterocycles. The molecule has 1 rings (SSSR count). The maximum atomic E-state index is 11.8. The number of esters is 1. The van der Waals surface area contributed by atoms with Crippen LogP contribution in [0, 0.1) is 10.1 Å². The van der Waals surface area contributed by atoms with Gasteiger partial charge in [-0.05, 0) is 19.9 Å². The number of para-hydroxylation sites is 1. The van der Waals surface area contributed by atoms with E-state index in [9.17, 15) is 24.5 Å². The Morgan fingerprint density at radius 2 is 1.96 bits per heavy atom. The Morgan fingerprint density at radius 3 is 2.57 bits per heavy atom. The van der Waals surface area contributed by atoms with E-state index < -0.39 is 35.1 Å². The maximum absolute atomic E-state index is 11.8. The lowest BCUT2D eigenvalue weighted by Gasteiger charge is -2.13. The second-order valence-electron chi connectivity index (χ2n) is 4.53. The van der Waals surface area contributed by atoms with E-state index in [4.69, 9.17) is 4.74 Å². The summed E-state index contributed by atoms with van der Waals surface area (Å²) in [4.78, 5) is 45.0. The van der Waals surface area contributed by atoms with Crippen LogP contribution in [0.5, 0.6) is 0 Å².